The second-order valence-corrected chi connectivity index (χ2v) is 4.66. The summed E-state index contributed by atoms with van der Waals surface area (Å²) >= 11 is 5.79. The molecule has 0 saturated heterocycles. The predicted octanol–water partition coefficient (Wildman–Crippen LogP) is 3.89. The zero-order valence-electron chi connectivity index (χ0n) is 11.8. The number of esters is 1. The fraction of sp³-hybridized carbons (Fsp3) is 0.125. The Morgan fingerprint density at radius 3 is 2.86 bits per heavy atom. The molecule has 22 heavy (non-hydrogen) atoms. The van der Waals surface area contributed by atoms with Crippen molar-refractivity contribution in [2.45, 2.75) is 6.92 Å². The molecule has 1 aromatic heterocycles. The molecular formula is C16H14ClFN2O2. The SMILES string of the molecule is CCOC(=O)C(=CNc1ccnc(Cl)c1)c1ccccc1F. The van der Waals surface area contributed by atoms with E-state index in [4.69, 9.17) is 16.3 Å². The highest BCUT2D eigenvalue weighted by Crippen LogP contribution is 2.21. The highest BCUT2D eigenvalue weighted by atomic mass is 35.5. The largest absolute Gasteiger partial charge is 0.462 e. The van der Waals surface area contributed by atoms with Crippen molar-refractivity contribution < 1.29 is 13.9 Å². The molecule has 0 amide bonds. The number of carbonyl (C=O) groups is 1. The Hall–Kier alpha value is -2.40. The number of rotatable bonds is 5. The topological polar surface area (TPSA) is 51.2 Å². The molecule has 0 fully saturated rings. The summed E-state index contributed by atoms with van der Waals surface area (Å²) < 4.78 is 18.9. The second kappa shape index (κ2) is 7.56. The lowest BCUT2D eigenvalue weighted by atomic mass is 10.1. The third-order valence-electron chi connectivity index (χ3n) is 2.77. The number of benzene rings is 1. The Bertz CT molecular complexity index is 704. The average Bonchev–Trinajstić information content (AvgIpc) is 2.49. The summed E-state index contributed by atoms with van der Waals surface area (Å²) in [7, 11) is 0. The van der Waals surface area contributed by atoms with Crippen molar-refractivity contribution in [3.8, 4) is 0 Å². The molecule has 1 aromatic carbocycles. The lowest BCUT2D eigenvalue weighted by Gasteiger charge is -2.09. The van der Waals surface area contributed by atoms with Gasteiger partial charge in [-0.15, -0.1) is 0 Å². The predicted molar refractivity (Wildman–Crippen MR) is 83.9 cm³/mol. The van der Waals surface area contributed by atoms with Gasteiger partial charge in [0.25, 0.3) is 0 Å². The van der Waals surface area contributed by atoms with Crippen LogP contribution in [0.15, 0.2) is 48.8 Å². The van der Waals surface area contributed by atoms with E-state index in [1.54, 1.807) is 31.2 Å². The van der Waals surface area contributed by atoms with Gasteiger partial charge in [-0.3, -0.25) is 0 Å². The van der Waals surface area contributed by atoms with Gasteiger partial charge >= 0.3 is 5.97 Å². The van der Waals surface area contributed by atoms with E-state index in [1.165, 1.54) is 24.5 Å². The first-order valence-corrected chi connectivity index (χ1v) is 7.00. The number of ether oxygens (including phenoxy) is 1. The van der Waals surface area contributed by atoms with E-state index in [0.29, 0.717) is 10.8 Å². The molecule has 0 saturated carbocycles. The average molecular weight is 321 g/mol. The monoisotopic (exact) mass is 320 g/mol. The maximum absolute atomic E-state index is 13.9. The molecule has 0 aliphatic heterocycles. The van der Waals surface area contributed by atoms with Crippen LogP contribution in [0.25, 0.3) is 5.57 Å². The molecule has 1 heterocycles. The molecule has 0 atom stereocenters. The summed E-state index contributed by atoms with van der Waals surface area (Å²) in [5, 5.41) is 3.20. The molecular weight excluding hydrogens is 307 g/mol. The molecule has 0 unspecified atom stereocenters. The third-order valence-corrected chi connectivity index (χ3v) is 2.98. The van der Waals surface area contributed by atoms with Gasteiger partial charge in [-0.05, 0) is 25.1 Å². The van der Waals surface area contributed by atoms with Crippen molar-refractivity contribution in [2.75, 3.05) is 11.9 Å². The van der Waals surface area contributed by atoms with Crippen LogP contribution >= 0.6 is 11.6 Å². The van der Waals surface area contributed by atoms with E-state index in [0.717, 1.165) is 0 Å². The summed E-state index contributed by atoms with van der Waals surface area (Å²) in [4.78, 5) is 15.9. The van der Waals surface area contributed by atoms with Gasteiger partial charge in [0.1, 0.15) is 11.0 Å². The number of halogens is 2. The van der Waals surface area contributed by atoms with Crippen LogP contribution in [0, 0.1) is 5.82 Å². The zero-order chi connectivity index (χ0) is 15.9. The molecule has 2 aromatic rings. The van der Waals surface area contributed by atoms with Gasteiger partial charge in [-0.1, -0.05) is 29.8 Å². The first-order chi connectivity index (χ1) is 10.6. The number of pyridine rings is 1. The zero-order valence-corrected chi connectivity index (χ0v) is 12.6. The standard InChI is InChI=1S/C16H14ClFN2O2/c1-2-22-16(21)13(12-5-3-4-6-14(12)18)10-20-11-7-8-19-15(17)9-11/h3-10H,2H2,1H3,(H,19,20). The van der Waals surface area contributed by atoms with Gasteiger partial charge in [0.05, 0.1) is 12.2 Å². The molecule has 2 rings (SSSR count). The Morgan fingerprint density at radius 2 is 2.18 bits per heavy atom. The van der Waals surface area contributed by atoms with Crippen LogP contribution in [-0.2, 0) is 9.53 Å². The number of nitrogens with zero attached hydrogens (tertiary/aromatic N) is 1. The molecule has 6 heteroatoms. The van der Waals surface area contributed by atoms with Crippen molar-refractivity contribution in [3.05, 3.63) is 65.3 Å². The molecule has 4 nitrogen and oxygen atoms in total. The molecule has 0 aliphatic carbocycles. The lowest BCUT2D eigenvalue weighted by molar-refractivity contribution is -0.136. The number of aromatic nitrogens is 1. The highest BCUT2D eigenvalue weighted by Gasteiger charge is 2.16. The number of anilines is 1. The number of nitrogens with one attached hydrogen (secondary N) is 1. The molecule has 0 bridgehead atoms. The minimum absolute atomic E-state index is 0.0906. The van der Waals surface area contributed by atoms with Gasteiger partial charge in [0.2, 0.25) is 0 Å². The van der Waals surface area contributed by atoms with Crippen molar-refractivity contribution >= 4 is 28.8 Å². The Labute approximate surface area is 132 Å². The van der Waals surface area contributed by atoms with Crippen molar-refractivity contribution in [1.82, 2.24) is 4.98 Å². The number of carbonyl (C=O) groups excluding carboxylic acids is 1. The highest BCUT2D eigenvalue weighted by molar-refractivity contribution is 6.29. The van der Waals surface area contributed by atoms with Crippen LogP contribution in [0.5, 0.6) is 0 Å². The summed E-state index contributed by atoms with van der Waals surface area (Å²) in [6.07, 6.45) is 2.91. The number of hydrogen-bond donors (Lipinski definition) is 1. The smallest absolute Gasteiger partial charge is 0.340 e. The lowest BCUT2D eigenvalue weighted by Crippen LogP contribution is -2.09. The third kappa shape index (κ3) is 4.05. The van der Waals surface area contributed by atoms with E-state index in [1.807, 2.05) is 0 Å². The Kier molecular flexibility index (Phi) is 5.49. The van der Waals surface area contributed by atoms with E-state index in [9.17, 15) is 9.18 Å². The van der Waals surface area contributed by atoms with Crippen LogP contribution in [0.3, 0.4) is 0 Å². The maximum atomic E-state index is 13.9. The molecule has 0 aliphatic rings. The first-order valence-electron chi connectivity index (χ1n) is 6.62. The van der Waals surface area contributed by atoms with E-state index < -0.39 is 11.8 Å². The Balaban J connectivity index is 2.34. The first kappa shape index (κ1) is 16.0. The minimum Gasteiger partial charge on any atom is -0.462 e. The normalized spacial score (nSPS) is 11.1. The summed E-state index contributed by atoms with van der Waals surface area (Å²) in [6, 6.07) is 9.26. The molecule has 0 radical (unpaired) electrons. The van der Waals surface area contributed by atoms with E-state index >= 15 is 0 Å². The van der Waals surface area contributed by atoms with Gasteiger partial charge in [0, 0.05) is 23.6 Å². The van der Waals surface area contributed by atoms with Crippen molar-refractivity contribution in [2.24, 2.45) is 0 Å². The molecule has 0 spiro atoms. The summed E-state index contributed by atoms with van der Waals surface area (Å²) in [5.41, 5.74) is 0.875. The fourth-order valence-corrected chi connectivity index (χ4v) is 1.96. The number of hydrogen-bond acceptors (Lipinski definition) is 4. The van der Waals surface area contributed by atoms with Gasteiger partial charge in [-0.25, -0.2) is 14.2 Å². The van der Waals surface area contributed by atoms with Crippen LogP contribution in [0.2, 0.25) is 5.15 Å². The van der Waals surface area contributed by atoms with E-state index in [2.05, 4.69) is 10.3 Å². The van der Waals surface area contributed by atoms with Crippen LogP contribution in [0.4, 0.5) is 10.1 Å². The summed E-state index contributed by atoms with van der Waals surface area (Å²) in [6.45, 7) is 1.89. The van der Waals surface area contributed by atoms with Crippen LogP contribution in [-0.4, -0.2) is 17.6 Å². The fourth-order valence-electron chi connectivity index (χ4n) is 1.78. The maximum Gasteiger partial charge on any atom is 0.340 e. The molecule has 1 N–H and O–H groups in total. The van der Waals surface area contributed by atoms with Gasteiger partial charge < -0.3 is 10.1 Å². The van der Waals surface area contributed by atoms with Crippen molar-refractivity contribution in [3.63, 3.8) is 0 Å². The summed E-state index contributed by atoms with van der Waals surface area (Å²) in [5.74, 6) is -1.11. The quantitative estimate of drug-likeness (QED) is 0.516. The van der Waals surface area contributed by atoms with Crippen molar-refractivity contribution in [1.29, 1.82) is 0 Å². The Morgan fingerprint density at radius 1 is 1.41 bits per heavy atom. The second-order valence-electron chi connectivity index (χ2n) is 4.27. The molecule has 114 valence electrons. The van der Waals surface area contributed by atoms with Gasteiger partial charge in [-0.2, -0.15) is 0 Å². The van der Waals surface area contributed by atoms with E-state index in [-0.39, 0.29) is 17.7 Å². The van der Waals surface area contributed by atoms with Gasteiger partial charge in [0.15, 0.2) is 0 Å². The minimum atomic E-state index is -0.611. The van der Waals surface area contributed by atoms with Crippen LogP contribution in [0.1, 0.15) is 12.5 Å². The van der Waals surface area contributed by atoms with Crippen LogP contribution < -0.4 is 5.32 Å².